The molecule has 176 valence electrons. The minimum absolute atomic E-state index is 0.233. The number of hydrogen-bond acceptors (Lipinski definition) is 5. The van der Waals surface area contributed by atoms with Crippen molar-refractivity contribution in [3.8, 4) is 17.0 Å². The van der Waals surface area contributed by atoms with E-state index in [4.69, 9.17) is 4.74 Å². The lowest BCUT2D eigenvalue weighted by molar-refractivity contribution is 0.102. The van der Waals surface area contributed by atoms with E-state index in [1.165, 1.54) is 32.4 Å². The number of aromatic amines is 1. The van der Waals surface area contributed by atoms with Crippen molar-refractivity contribution in [2.75, 3.05) is 31.6 Å². The average molecular weight is 451 g/mol. The van der Waals surface area contributed by atoms with E-state index in [1.807, 2.05) is 42.8 Å². The number of rotatable bonds is 9. The minimum Gasteiger partial charge on any atom is -0.492 e. The number of amides is 1. The molecule has 1 amide bonds. The van der Waals surface area contributed by atoms with Gasteiger partial charge in [0.2, 0.25) is 0 Å². The maximum Gasteiger partial charge on any atom is 0.273 e. The molecule has 3 aromatic rings. The molecule has 2 aromatic heterocycles. The van der Waals surface area contributed by atoms with Gasteiger partial charge in [0.05, 0.1) is 11.4 Å². The minimum atomic E-state index is -0.233. The van der Waals surface area contributed by atoms with Crippen molar-refractivity contribution in [1.29, 1.82) is 0 Å². The first-order chi connectivity index (χ1) is 16.0. The Labute approximate surface area is 195 Å². The van der Waals surface area contributed by atoms with Crippen molar-refractivity contribution < 1.29 is 9.53 Å². The standard InChI is InChI=1S/C25H34N6O2/c1-4-12-31-19(3)24(18(2)29-31)22-17-23(28-27-22)25(32)26-20-8-10-21(11-9-20)33-16-15-30-13-6-5-7-14-30/h8-11,17H,4-7,12-16H2,1-3H3,(H,26,32)(H,27,28). The number of carbonyl (C=O) groups excluding carboxylic acids is 1. The van der Waals surface area contributed by atoms with Crippen molar-refractivity contribution in [2.45, 2.75) is 53.0 Å². The Kier molecular flexibility index (Phi) is 7.44. The number of aromatic nitrogens is 4. The van der Waals surface area contributed by atoms with E-state index in [9.17, 15) is 4.79 Å². The smallest absolute Gasteiger partial charge is 0.273 e. The van der Waals surface area contributed by atoms with Crippen molar-refractivity contribution >= 4 is 11.6 Å². The number of likely N-dealkylation sites (tertiary alicyclic amines) is 1. The van der Waals surface area contributed by atoms with Gasteiger partial charge in [-0.3, -0.25) is 19.5 Å². The molecule has 2 N–H and O–H groups in total. The summed E-state index contributed by atoms with van der Waals surface area (Å²) in [5, 5.41) is 14.7. The lowest BCUT2D eigenvalue weighted by atomic mass is 10.1. The summed E-state index contributed by atoms with van der Waals surface area (Å²) in [5.74, 6) is 0.577. The molecule has 1 aliphatic heterocycles. The van der Waals surface area contributed by atoms with E-state index in [-0.39, 0.29) is 5.91 Å². The first-order valence-electron chi connectivity index (χ1n) is 11.9. The second kappa shape index (κ2) is 10.7. The second-order valence-corrected chi connectivity index (χ2v) is 8.67. The largest absolute Gasteiger partial charge is 0.492 e. The number of H-pyrrole nitrogens is 1. The van der Waals surface area contributed by atoms with Crippen LogP contribution in [0.1, 0.15) is 54.5 Å². The van der Waals surface area contributed by atoms with Gasteiger partial charge in [0, 0.05) is 30.0 Å². The van der Waals surface area contributed by atoms with Crippen LogP contribution >= 0.6 is 0 Å². The predicted molar refractivity (Wildman–Crippen MR) is 130 cm³/mol. The number of nitrogens with one attached hydrogen (secondary N) is 2. The van der Waals surface area contributed by atoms with Gasteiger partial charge in [-0.05, 0) is 76.5 Å². The van der Waals surface area contributed by atoms with E-state index in [2.05, 4.69) is 32.4 Å². The van der Waals surface area contributed by atoms with Crippen molar-refractivity contribution in [2.24, 2.45) is 0 Å². The van der Waals surface area contributed by atoms with Crippen molar-refractivity contribution in [3.63, 3.8) is 0 Å². The van der Waals surface area contributed by atoms with Crippen LogP contribution in [0.5, 0.6) is 5.75 Å². The third-order valence-corrected chi connectivity index (χ3v) is 6.13. The number of carbonyl (C=O) groups is 1. The average Bonchev–Trinajstić information content (AvgIpc) is 3.40. The van der Waals surface area contributed by atoms with Crippen LogP contribution in [0.2, 0.25) is 0 Å². The Morgan fingerprint density at radius 2 is 1.88 bits per heavy atom. The normalized spacial score (nSPS) is 14.4. The summed E-state index contributed by atoms with van der Waals surface area (Å²) < 4.78 is 7.86. The van der Waals surface area contributed by atoms with Crippen LogP contribution in [-0.2, 0) is 6.54 Å². The molecule has 3 heterocycles. The quantitative estimate of drug-likeness (QED) is 0.504. The summed E-state index contributed by atoms with van der Waals surface area (Å²) in [6.45, 7) is 11.0. The van der Waals surface area contributed by atoms with Crippen molar-refractivity contribution in [3.05, 3.63) is 47.4 Å². The molecule has 33 heavy (non-hydrogen) atoms. The zero-order valence-corrected chi connectivity index (χ0v) is 19.9. The third kappa shape index (κ3) is 5.63. The maximum absolute atomic E-state index is 12.7. The molecule has 0 saturated carbocycles. The maximum atomic E-state index is 12.7. The number of anilines is 1. The van der Waals surface area contributed by atoms with Crippen LogP contribution in [-0.4, -0.2) is 57.0 Å². The number of piperidine rings is 1. The molecule has 1 saturated heterocycles. The van der Waals surface area contributed by atoms with E-state index < -0.39 is 0 Å². The summed E-state index contributed by atoms with van der Waals surface area (Å²) in [5.41, 5.74) is 4.80. The molecular formula is C25H34N6O2. The molecule has 8 nitrogen and oxygen atoms in total. The van der Waals surface area contributed by atoms with E-state index >= 15 is 0 Å². The Balaban J connectivity index is 1.33. The first kappa shape index (κ1) is 23.0. The van der Waals surface area contributed by atoms with Gasteiger partial charge in [0.15, 0.2) is 0 Å². The highest BCUT2D eigenvalue weighted by Crippen LogP contribution is 2.26. The van der Waals surface area contributed by atoms with Crippen LogP contribution < -0.4 is 10.1 Å². The fourth-order valence-corrected chi connectivity index (χ4v) is 4.37. The van der Waals surface area contributed by atoms with Crippen LogP contribution in [0, 0.1) is 13.8 Å². The Bertz CT molecular complexity index is 1060. The number of aryl methyl sites for hydroxylation is 2. The number of hydrogen-bond donors (Lipinski definition) is 2. The summed E-state index contributed by atoms with van der Waals surface area (Å²) in [6.07, 6.45) is 4.92. The molecule has 4 rings (SSSR count). The summed E-state index contributed by atoms with van der Waals surface area (Å²) in [6, 6.07) is 9.27. The SMILES string of the molecule is CCCn1nc(C)c(-c2cc(C(=O)Nc3ccc(OCCN4CCCCC4)cc3)[nH]n2)c1C. The Morgan fingerprint density at radius 3 is 2.61 bits per heavy atom. The van der Waals surface area contributed by atoms with Gasteiger partial charge in [0.1, 0.15) is 18.1 Å². The van der Waals surface area contributed by atoms with E-state index in [1.54, 1.807) is 6.07 Å². The van der Waals surface area contributed by atoms with Gasteiger partial charge in [-0.1, -0.05) is 13.3 Å². The van der Waals surface area contributed by atoms with Gasteiger partial charge in [-0.2, -0.15) is 10.2 Å². The van der Waals surface area contributed by atoms with Gasteiger partial charge < -0.3 is 10.1 Å². The monoisotopic (exact) mass is 450 g/mol. The van der Waals surface area contributed by atoms with Gasteiger partial charge in [-0.25, -0.2) is 0 Å². The lowest BCUT2D eigenvalue weighted by Gasteiger charge is -2.26. The molecule has 0 unspecified atom stereocenters. The van der Waals surface area contributed by atoms with E-state index in [0.29, 0.717) is 18.0 Å². The highest BCUT2D eigenvalue weighted by atomic mass is 16.5. The molecule has 0 spiro atoms. The van der Waals surface area contributed by atoms with Gasteiger partial charge >= 0.3 is 0 Å². The highest BCUT2D eigenvalue weighted by Gasteiger charge is 2.18. The van der Waals surface area contributed by atoms with Crippen molar-refractivity contribution in [1.82, 2.24) is 24.9 Å². The summed E-state index contributed by atoms with van der Waals surface area (Å²) in [4.78, 5) is 15.2. The highest BCUT2D eigenvalue weighted by molar-refractivity contribution is 6.03. The molecule has 0 radical (unpaired) electrons. The molecule has 0 bridgehead atoms. The Morgan fingerprint density at radius 1 is 1.12 bits per heavy atom. The molecule has 0 atom stereocenters. The first-order valence-corrected chi connectivity index (χ1v) is 11.9. The number of benzene rings is 1. The zero-order chi connectivity index (χ0) is 23.2. The lowest BCUT2D eigenvalue weighted by Crippen LogP contribution is -2.33. The second-order valence-electron chi connectivity index (χ2n) is 8.67. The fraction of sp³-hybridized carbons (Fsp3) is 0.480. The molecule has 1 aliphatic rings. The molecular weight excluding hydrogens is 416 g/mol. The third-order valence-electron chi connectivity index (χ3n) is 6.13. The van der Waals surface area contributed by atoms with E-state index in [0.717, 1.165) is 47.9 Å². The molecule has 0 aliphatic carbocycles. The number of ether oxygens (including phenoxy) is 1. The number of nitrogens with zero attached hydrogens (tertiary/aromatic N) is 4. The topological polar surface area (TPSA) is 88.1 Å². The fourth-order valence-electron chi connectivity index (χ4n) is 4.37. The van der Waals surface area contributed by atoms with Crippen LogP contribution in [0.25, 0.3) is 11.3 Å². The van der Waals surface area contributed by atoms with Crippen LogP contribution in [0.15, 0.2) is 30.3 Å². The molecule has 1 aromatic carbocycles. The van der Waals surface area contributed by atoms with Crippen LogP contribution in [0.3, 0.4) is 0 Å². The zero-order valence-electron chi connectivity index (χ0n) is 19.9. The summed E-state index contributed by atoms with van der Waals surface area (Å²) in [7, 11) is 0. The van der Waals surface area contributed by atoms with Gasteiger partial charge in [-0.15, -0.1) is 0 Å². The predicted octanol–water partition coefficient (Wildman–Crippen LogP) is 4.42. The van der Waals surface area contributed by atoms with Crippen LogP contribution in [0.4, 0.5) is 5.69 Å². The summed E-state index contributed by atoms with van der Waals surface area (Å²) >= 11 is 0. The Hall–Kier alpha value is -3.13. The van der Waals surface area contributed by atoms with Gasteiger partial charge in [0.25, 0.3) is 5.91 Å². The molecule has 1 fully saturated rings. The molecule has 8 heteroatoms.